The lowest BCUT2D eigenvalue weighted by Crippen LogP contribution is -2.44. The van der Waals surface area contributed by atoms with Gasteiger partial charge in [-0.15, -0.1) is 0 Å². The van der Waals surface area contributed by atoms with Crippen molar-refractivity contribution in [3.63, 3.8) is 0 Å². The van der Waals surface area contributed by atoms with Crippen molar-refractivity contribution >= 4 is 17.5 Å². The number of allylic oxidation sites excluding steroid dienone is 4. The maximum absolute atomic E-state index is 11.6. The Kier molecular flexibility index (Phi) is 1.54. The average Bonchev–Trinajstić information content (AvgIpc) is 2.26. The van der Waals surface area contributed by atoms with Crippen LogP contribution >= 0.6 is 0 Å². The van der Waals surface area contributed by atoms with E-state index in [0.29, 0.717) is 12.3 Å². The lowest BCUT2D eigenvalue weighted by molar-refractivity contribution is -0.142. The Balaban J connectivity index is 2.24. The van der Waals surface area contributed by atoms with Crippen molar-refractivity contribution in [2.45, 2.75) is 6.42 Å². The number of nitrogens with zero attached hydrogens (tertiary/aromatic N) is 2. The van der Waals surface area contributed by atoms with Gasteiger partial charge in [0.1, 0.15) is 0 Å². The largest absolute Gasteiger partial charge is 0.336 e. The molecule has 0 saturated carbocycles. The number of carbonyl (C=O) groups excluding carboxylic acids is 2. The van der Waals surface area contributed by atoms with Crippen LogP contribution in [-0.4, -0.2) is 29.0 Å². The molecule has 0 aromatic rings. The molecule has 2 amide bonds. The van der Waals surface area contributed by atoms with Gasteiger partial charge in [0, 0.05) is 6.54 Å². The highest BCUT2D eigenvalue weighted by atomic mass is 16.2. The molecule has 0 atom stereocenters. The van der Waals surface area contributed by atoms with Crippen LogP contribution in [0.1, 0.15) is 6.42 Å². The standard InChI is InChI=1S/C11H8N2O2/c14-10-11(15)13-6-2-4-7-3-1-5-8(12-10)9(7)13/h1-2,4-5H,3,6H2. The molecule has 0 bridgehead atoms. The first-order chi connectivity index (χ1) is 7.27. The van der Waals surface area contributed by atoms with E-state index in [9.17, 15) is 9.59 Å². The molecule has 0 radical (unpaired) electrons. The Bertz CT molecular complexity index is 495. The van der Waals surface area contributed by atoms with E-state index in [1.54, 1.807) is 6.08 Å². The van der Waals surface area contributed by atoms with Crippen LogP contribution in [0.4, 0.5) is 0 Å². The smallest absolute Gasteiger partial charge is 0.298 e. The summed E-state index contributed by atoms with van der Waals surface area (Å²) in [5, 5.41) is 0. The maximum atomic E-state index is 11.6. The van der Waals surface area contributed by atoms with Gasteiger partial charge < -0.3 is 0 Å². The molecular formula is C11H8N2O2. The van der Waals surface area contributed by atoms with E-state index in [1.807, 2.05) is 18.2 Å². The zero-order chi connectivity index (χ0) is 10.4. The first-order valence-electron chi connectivity index (χ1n) is 4.78. The van der Waals surface area contributed by atoms with Crippen molar-refractivity contribution in [1.82, 2.24) is 4.90 Å². The molecular weight excluding hydrogens is 192 g/mol. The molecule has 4 heteroatoms. The van der Waals surface area contributed by atoms with Crippen molar-refractivity contribution in [3.05, 3.63) is 35.6 Å². The summed E-state index contributed by atoms with van der Waals surface area (Å²) < 4.78 is 0. The van der Waals surface area contributed by atoms with Gasteiger partial charge in [-0.1, -0.05) is 18.2 Å². The summed E-state index contributed by atoms with van der Waals surface area (Å²) >= 11 is 0. The molecule has 2 heterocycles. The molecule has 3 rings (SSSR count). The molecule has 0 unspecified atom stereocenters. The number of carbonyl (C=O) groups is 2. The third-order valence-electron chi connectivity index (χ3n) is 2.69. The minimum Gasteiger partial charge on any atom is -0.298 e. The van der Waals surface area contributed by atoms with Crippen molar-refractivity contribution < 1.29 is 9.59 Å². The summed E-state index contributed by atoms with van der Waals surface area (Å²) in [7, 11) is 0. The molecule has 0 fully saturated rings. The lowest BCUT2D eigenvalue weighted by atomic mass is 9.95. The van der Waals surface area contributed by atoms with Gasteiger partial charge >= 0.3 is 11.8 Å². The monoisotopic (exact) mass is 200 g/mol. The Hall–Kier alpha value is -1.97. The zero-order valence-electron chi connectivity index (χ0n) is 7.93. The van der Waals surface area contributed by atoms with Gasteiger partial charge in [0.25, 0.3) is 0 Å². The molecule has 74 valence electrons. The highest BCUT2D eigenvalue weighted by Crippen LogP contribution is 2.28. The van der Waals surface area contributed by atoms with Crippen LogP contribution in [0.15, 0.2) is 40.6 Å². The van der Waals surface area contributed by atoms with E-state index < -0.39 is 11.8 Å². The van der Waals surface area contributed by atoms with Crippen LogP contribution < -0.4 is 0 Å². The third kappa shape index (κ3) is 1.05. The van der Waals surface area contributed by atoms with E-state index in [4.69, 9.17) is 0 Å². The van der Waals surface area contributed by atoms with Gasteiger partial charge in [-0.25, -0.2) is 4.99 Å². The summed E-state index contributed by atoms with van der Waals surface area (Å²) in [5.74, 6) is -1.19. The van der Waals surface area contributed by atoms with Crippen LogP contribution in [0.5, 0.6) is 0 Å². The summed E-state index contributed by atoms with van der Waals surface area (Å²) in [4.78, 5) is 28.1. The third-order valence-corrected chi connectivity index (χ3v) is 2.69. The second-order valence-electron chi connectivity index (χ2n) is 3.60. The van der Waals surface area contributed by atoms with E-state index in [2.05, 4.69) is 4.99 Å². The molecule has 15 heavy (non-hydrogen) atoms. The number of amides is 2. The molecule has 0 aromatic heterocycles. The van der Waals surface area contributed by atoms with E-state index >= 15 is 0 Å². The van der Waals surface area contributed by atoms with Gasteiger partial charge in [0.15, 0.2) is 0 Å². The molecule has 3 aliphatic rings. The van der Waals surface area contributed by atoms with E-state index in [0.717, 1.165) is 17.7 Å². The Morgan fingerprint density at radius 2 is 2.07 bits per heavy atom. The Labute approximate surface area is 86.3 Å². The number of rotatable bonds is 0. The predicted octanol–water partition coefficient (Wildman–Crippen LogP) is 0.580. The molecule has 2 aliphatic heterocycles. The summed E-state index contributed by atoms with van der Waals surface area (Å²) in [6.07, 6.45) is 8.44. The minimum atomic E-state index is -0.671. The fraction of sp³-hybridized carbons (Fsp3) is 0.182. The molecule has 0 spiro atoms. The Morgan fingerprint density at radius 3 is 2.93 bits per heavy atom. The van der Waals surface area contributed by atoms with Gasteiger partial charge in [-0.3, -0.25) is 14.5 Å². The molecule has 0 aromatic carbocycles. The molecule has 1 aliphatic carbocycles. The number of hydrogen-bond acceptors (Lipinski definition) is 2. The minimum absolute atomic E-state index is 0.469. The normalized spacial score (nSPS) is 23.2. The SMILES string of the molecule is O=C1N=C2C=CCC3=C2N(CC=C3)C1=O. The quantitative estimate of drug-likeness (QED) is 0.537. The Morgan fingerprint density at radius 1 is 1.20 bits per heavy atom. The second-order valence-corrected chi connectivity index (χ2v) is 3.60. The van der Waals surface area contributed by atoms with Gasteiger partial charge in [0.2, 0.25) is 0 Å². The summed E-state index contributed by atoms with van der Waals surface area (Å²) in [5.41, 5.74) is 2.48. The average molecular weight is 200 g/mol. The van der Waals surface area contributed by atoms with Crippen LogP contribution in [0.2, 0.25) is 0 Å². The van der Waals surface area contributed by atoms with Crippen LogP contribution in [0.3, 0.4) is 0 Å². The summed E-state index contributed by atoms with van der Waals surface area (Å²) in [6.45, 7) is 0.469. The highest BCUT2D eigenvalue weighted by Gasteiger charge is 2.34. The highest BCUT2D eigenvalue weighted by molar-refractivity contribution is 6.42. The molecule has 0 N–H and O–H groups in total. The van der Waals surface area contributed by atoms with Crippen molar-refractivity contribution in [3.8, 4) is 0 Å². The first-order valence-corrected chi connectivity index (χ1v) is 4.78. The summed E-state index contributed by atoms with van der Waals surface area (Å²) in [6, 6.07) is 0. The second kappa shape index (κ2) is 2.76. The van der Waals surface area contributed by atoms with Crippen molar-refractivity contribution in [2.75, 3.05) is 6.54 Å². The van der Waals surface area contributed by atoms with Crippen LogP contribution in [0.25, 0.3) is 0 Å². The molecule has 0 saturated heterocycles. The van der Waals surface area contributed by atoms with Crippen molar-refractivity contribution in [2.24, 2.45) is 4.99 Å². The zero-order valence-corrected chi connectivity index (χ0v) is 7.93. The van der Waals surface area contributed by atoms with E-state index in [-0.39, 0.29) is 0 Å². The van der Waals surface area contributed by atoms with Crippen LogP contribution in [-0.2, 0) is 9.59 Å². The molecule has 4 nitrogen and oxygen atoms in total. The van der Waals surface area contributed by atoms with Gasteiger partial charge in [0.05, 0.1) is 11.4 Å². The van der Waals surface area contributed by atoms with Gasteiger partial charge in [-0.05, 0) is 18.1 Å². The fourth-order valence-corrected chi connectivity index (χ4v) is 2.04. The number of aliphatic imine (C=N–C) groups is 1. The predicted molar refractivity (Wildman–Crippen MR) is 54.1 cm³/mol. The topological polar surface area (TPSA) is 49.7 Å². The van der Waals surface area contributed by atoms with Crippen LogP contribution in [0, 0.1) is 0 Å². The number of hydrogen-bond donors (Lipinski definition) is 0. The fourth-order valence-electron chi connectivity index (χ4n) is 2.04. The maximum Gasteiger partial charge on any atom is 0.336 e. The van der Waals surface area contributed by atoms with Crippen molar-refractivity contribution in [1.29, 1.82) is 0 Å². The lowest BCUT2D eigenvalue weighted by Gasteiger charge is -2.32. The van der Waals surface area contributed by atoms with Gasteiger partial charge in [-0.2, -0.15) is 0 Å². The van der Waals surface area contributed by atoms with E-state index in [1.165, 1.54) is 4.90 Å². The first kappa shape index (κ1) is 8.35.